The summed E-state index contributed by atoms with van der Waals surface area (Å²) >= 11 is 0. The molecule has 3 aromatic rings. The number of pyridine rings is 1. The van der Waals surface area contributed by atoms with E-state index in [0.717, 1.165) is 0 Å². The number of amides is 1. The fraction of sp³-hybridized carbons (Fsp3) is 0.118. The molecule has 24 heavy (non-hydrogen) atoms. The number of aromatic hydroxyl groups is 1. The second-order valence-corrected chi connectivity index (χ2v) is 4.92. The van der Waals surface area contributed by atoms with E-state index < -0.39 is 6.09 Å². The number of phenolic OH excluding ortho intramolecular Hbond substituents is 1. The highest BCUT2D eigenvalue weighted by Crippen LogP contribution is 2.29. The van der Waals surface area contributed by atoms with Crippen LogP contribution in [-0.2, 0) is 4.74 Å². The van der Waals surface area contributed by atoms with Gasteiger partial charge in [0.2, 0.25) is 0 Å². The lowest BCUT2D eigenvalue weighted by Gasteiger charge is -2.10. The molecule has 0 aliphatic carbocycles. The van der Waals surface area contributed by atoms with E-state index in [0.29, 0.717) is 16.6 Å². The minimum Gasteiger partial charge on any atom is -0.508 e. The summed E-state index contributed by atoms with van der Waals surface area (Å²) < 4.78 is 10.6. The Morgan fingerprint density at radius 3 is 2.96 bits per heavy atom. The zero-order valence-corrected chi connectivity index (χ0v) is 12.8. The molecule has 0 aliphatic rings. The van der Waals surface area contributed by atoms with Crippen molar-refractivity contribution in [2.75, 3.05) is 11.9 Å². The zero-order valence-electron chi connectivity index (χ0n) is 12.8. The van der Waals surface area contributed by atoms with Gasteiger partial charge in [-0.1, -0.05) is 0 Å². The summed E-state index contributed by atoms with van der Waals surface area (Å²) in [5.41, 5.74) is 0.791. The van der Waals surface area contributed by atoms with Crippen LogP contribution in [0.3, 0.4) is 0 Å². The van der Waals surface area contributed by atoms with Gasteiger partial charge in [0, 0.05) is 24.5 Å². The SMILES string of the molecule is CCOC(=O)Nc1ccncc1-c1cc(=O)c2ccc(O)cc2o1. The molecule has 0 fully saturated rings. The molecule has 1 aromatic carbocycles. The maximum absolute atomic E-state index is 12.2. The highest BCUT2D eigenvalue weighted by atomic mass is 16.5. The first-order chi connectivity index (χ1) is 11.6. The molecular weight excluding hydrogens is 312 g/mol. The minimum atomic E-state index is -0.620. The van der Waals surface area contributed by atoms with E-state index in [1.165, 1.54) is 36.7 Å². The number of benzene rings is 1. The molecule has 0 saturated carbocycles. The Labute approximate surface area is 136 Å². The summed E-state index contributed by atoms with van der Waals surface area (Å²) in [5.74, 6) is 0.205. The number of nitrogens with zero attached hydrogens (tertiary/aromatic N) is 1. The highest BCUT2D eigenvalue weighted by molar-refractivity contribution is 5.91. The van der Waals surface area contributed by atoms with Gasteiger partial charge < -0.3 is 14.3 Å². The molecule has 2 aromatic heterocycles. The summed E-state index contributed by atoms with van der Waals surface area (Å²) in [6.07, 6.45) is 2.34. The van der Waals surface area contributed by atoms with Crippen LogP contribution in [0.2, 0.25) is 0 Å². The minimum absolute atomic E-state index is 0.0149. The number of anilines is 1. The molecule has 0 atom stereocenters. The zero-order chi connectivity index (χ0) is 17.1. The number of carbonyl (C=O) groups is 1. The molecule has 0 saturated heterocycles. The quantitative estimate of drug-likeness (QED) is 0.766. The number of nitrogens with one attached hydrogen (secondary N) is 1. The monoisotopic (exact) mass is 326 g/mol. The van der Waals surface area contributed by atoms with Gasteiger partial charge in [-0.2, -0.15) is 0 Å². The third-order valence-electron chi connectivity index (χ3n) is 3.31. The topological polar surface area (TPSA) is 102 Å². The van der Waals surface area contributed by atoms with Crippen LogP contribution in [0, 0.1) is 0 Å². The van der Waals surface area contributed by atoms with Crippen LogP contribution in [0.15, 0.2) is 51.9 Å². The number of phenols is 1. The van der Waals surface area contributed by atoms with E-state index in [2.05, 4.69) is 10.3 Å². The van der Waals surface area contributed by atoms with E-state index in [4.69, 9.17) is 9.15 Å². The molecule has 2 N–H and O–H groups in total. The maximum Gasteiger partial charge on any atom is 0.411 e. The van der Waals surface area contributed by atoms with E-state index in [1.54, 1.807) is 13.0 Å². The molecule has 0 radical (unpaired) electrons. The van der Waals surface area contributed by atoms with Crippen LogP contribution >= 0.6 is 0 Å². The van der Waals surface area contributed by atoms with Crippen molar-refractivity contribution in [3.8, 4) is 17.1 Å². The highest BCUT2D eigenvalue weighted by Gasteiger charge is 2.13. The third-order valence-corrected chi connectivity index (χ3v) is 3.31. The van der Waals surface area contributed by atoms with Crippen molar-refractivity contribution in [2.24, 2.45) is 0 Å². The van der Waals surface area contributed by atoms with E-state index in [1.807, 2.05) is 0 Å². The number of hydrogen-bond acceptors (Lipinski definition) is 6. The molecule has 0 spiro atoms. The molecular formula is C17H14N2O5. The Morgan fingerprint density at radius 1 is 1.33 bits per heavy atom. The number of carbonyl (C=O) groups excluding carboxylic acids is 1. The number of ether oxygens (including phenoxy) is 1. The first-order valence-electron chi connectivity index (χ1n) is 7.23. The van der Waals surface area contributed by atoms with Gasteiger partial charge in [-0.15, -0.1) is 0 Å². The van der Waals surface area contributed by atoms with Crippen molar-refractivity contribution in [3.05, 3.63) is 52.9 Å². The average molecular weight is 326 g/mol. The predicted octanol–water partition coefficient (Wildman–Crippen LogP) is 3.13. The van der Waals surface area contributed by atoms with E-state index in [-0.39, 0.29) is 29.1 Å². The second-order valence-electron chi connectivity index (χ2n) is 4.92. The normalized spacial score (nSPS) is 10.5. The van der Waals surface area contributed by atoms with E-state index in [9.17, 15) is 14.7 Å². The fourth-order valence-corrected chi connectivity index (χ4v) is 2.25. The van der Waals surface area contributed by atoms with Gasteiger partial charge in [0.15, 0.2) is 5.43 Å². The molecule has 0 unspecified atom stereocenters. The van der Waals surface area contributed by atoms with Gasteiger partial charge in [-0.05, 0) is 25.1 Å². The molecule has 2 heterocycles. The second kappa shape index (κ2) is 6.41. The third kappa shape index (κ3) is 3.05. The summed E-state index contributed by atoms with van der Waals surface area (Å²) in [4.78, 5) is 27.9. The van der Waals surface area contributed by atoms with Crippen LogP contribution in [-0.4, -0.2) is 22.8 Å². The number of hydrogen-bond donors (Lipinski definition) is 2. The van der Waals surface area contributed by atoms with Gasteiger partial charge in [-0.3, -0.25) is 15.1 Å². The van der Waals surface area contributed by atoms with Crippen molar-refractivity contribution in [3.63, 3.8) is 0 Å². The molecule has 3 rings (SSSR count). The number of aromatic nitrogens is 1. The average Bonchev–Trinajstić information content (AvgIpc) is 2.55. The standard InChI is InChI=1S/C17H14N2O5/c1-2-23-17(22)19-13-5-6-18-9-12(13)16-8-14(21)11-4-3-10(20)7-15(11)24-16/h3-9,20H,2H2,1H3,(H,18,19,22). The largest absolute Gasteiger partial charge is 0.508 e. The Balaban J connectivity index is 2.11. The Bertz CT molecular complexity index is 965. The molecule has 1 amide bonds. The molecule has 0 aliphatic heterocycles. The van der Waals surface area contributed by atoms with Crippen LogP contribution in [0.1, 0.15) is 6.92 Å². The van der Waals surface area contributed by atoms with Gasteiger partial charge in [0.25, 0.3) is 0 Å². The van der Waals surface area contributed by atoms with Crippen molar-refractivity contribution >= 4 is 22.7 Å². The van der Waals surface area contributed by atoms with Crippen LogP contribution in [0.5, 0.6) is 5.75 Å². The van der Waals surface area contributed by atoms with Crippen molar-refractivity contribution < 1.29 is 19.1 Å². The summed E-state index contributed by atoms with van der Waals surface area (Å²) in [7, 11) is 0. The molecule has 0 bridgehead atoms. The Kier molecular flexibility index (Phi) is 4.15. The first-order valence-corrected chi connectivity index (χ1v) is 7.23. The van der Waals surface area contributed by atoms with Crippen LogP contribution in [0.25, 0.3) is 22.3 Å². The summed E-state index contributed by atoms with van der Waals surface area (Å²) in [5, 5.41) is 12.5. The predicted molar refractivity (Wildman–Crippen MR) is 88.0 cm³/mol. The number of rotatable bonds is 3. The fourth-order valence-electron chi connectivity index (χ4n) is 2.25. The van der Waals surface area contributed by atoms with Crippen molar-refractivity contribution in [2.45, 2.75) is 6.92 Å². The number of fused-ring (bicyclic) bond motifs is 1. The van der Waals surface area contributed by atoms with Gasteiger partial charge in [0.1, 0.15) is 17.1 Å². The van der Waals surface area contributed by atoms with Crippen LogP contribution < -0.4 is 10.7 Å². The van der Waals surface area contributed by atoms with E-state index >= 15 is 0 Å². The van der Waals surface area contributed by atoms with Crippen LogP contribution in [0.4, 0.5) is 10.5 Å². The first kappa shape index (κ1) is 15.5. The lowest BCUT2D eigenvalue weighted by atomic mass is 10.1. The smallest absolute Gasteiger partial charge is 0.411 e. The van der Waals surface area contributed by atoms with Gasteiger partial charge >= 0.3 is 6.09 Å². The lowest BCUT2D eigenvalue weighted by Crippen LogP contribution is -2.14. The Hall–Kier alpha value is -3.35. The summed E-state index contributed by atoms with van der Waals surface area (Å²) in [6, 6.07) is 7.14. The molecule has 122 valence electrons. The molecule has 7 heteroatoms. The lowest BCUT2D eigenvalue weighted by molar-refractivity contribution is 0.168. The van der Waals surface area contributed by atoms with Gasteiger partial charge in [-0.25, -0.2) is 4.79 Å². The van der Waals surface area contributed by atoms with Gasteiger partial charge in [0.05, 0.1) is 23.2 Å². The molecule has 7 nitrogen and oxygen atoms in total. The van der Waals surface area contributed by atoms with Crippen molar-refractivity contribution in [1.29, 1.82) is 0 Å². The Morgan fingerprint density at radius 2 is 2.17 bits per heavy atom. The maximum atomic E-state index is 12.2. The van der Waals surface area contributed by atoms with Crippen molar-refractivity contribution in [1.82, 2.24) is 4.98 Å². The summed E-state index contributed by atoms with van der Waals surface area (Å²) in [6.45, 7) is 1.93.